The third kappa shape index (κ3) is 2.56. The summed E-state index contributed by atoms with van der Waals surface area (Å²) in [6, 6.07) is 4.97. The summed E-state index contributed by atoms with van der Waals surface area (Å²) >= 11 is 0. The topological polar surface area (TPSA) is 67.8 Å². The molecule has 1 aromatic carbocycles. The van der Waals surface area contributed by atoms with Crippen molar-refractivity contribution in [2.24, 2.45) is 0 Å². The lowest BCUT2D eigenvalue weighted by atomic mass is 10.1. The van der Waals surface area contributed by atoms with Gasteiger partial charge in [-0.2, -0.15) is 0 Å². The first-order valence-electron chi connectivity index (χ1n) is 6.06. The average molecular weight is 251 g/mol. The van der Waals surface area contributed by atoms with Gasteiger partial charge in [-0.1, -0.05) is 13.0 Å². The monoisotopic (exact) mass is 251 g/mol. The van der Waals surface area contributed by atoms with Gasteiger partial charge in [0.1, 0.15) is 13.2 Å². The summed E-state index contributed by atoms with van der Waals surface area (Å²) in [5.41, 5.74) is 0.444. The lowest BCUT2D eigenvalue weighted by molar-refractivity contribution is 0.0904. The second-order valence-corrected chi connectivity index (χ2v) is 4.09. The van der Waals surface area contributed by atoms with Crippen molar-refractivity contribution in [3.63, 3.8) is 0 Å². The fourth-order valence-corrected chi connectivity index (χ4v) is 1.79. The average Bonchev–Trinajstić information content (AvgIpc) is 2.43. The third-order valence-corrected chi connectivity index (χ3v) is 2.86. The summed E-state index contributed by atoms with van der Waals surface area (Å²) in [5, 5.41) is 11.8. The van der Waals surface area contributed by atoms with E-state index in [9.17, 15) is 4.79 Å². The maximum atomic E-state index is 12.1. The van der Waals surface area contributed by atoms with Crippen LogP contribution in [0.25, 0.3) is 0 Å². The zero-order valence-corrected chi connectivity index (χ0v) is 10.3. The molecule has 0 aromatic heterocycles. The minimum absolute atomic E-state index is 0.0748. The van der Waals surface area contributed by atoms with Crippen LogP contribution in [0.4, 0.5) is 0 Å². The molecule has 0 radical (unpaired) electrons. The Balaban J connectivity index is 2.20. The van der Waals surface area contributed by atoms with Gasteiger partial charge in [0, 0.05) is 0 Å². The van der Waals surface area contributed by atoms with E-state index in [2.05, 4.69) is 5.32 Å². The number of nitrogens with one attached hydrogen (secondary N) is 1. The molecule has 1 aliphatic rings. The van der Waals surface area contributed by atoms with E-state index in [1.54, 1.807) is 18.2 Å². The van der Waals surface area contributed by atoms with Crippen LogP contribution in [0.2, 0.25) is 0 Å². The lowest BCUT2D eigenvalue weighted by Crippen LogP contribution is -2.37. The quantitative estimate of drug-likeness (QED) is 0.836. The van der Waals surface area contributed by atoms with Crippen LogP contribution in [-0.2, 0) is 0 Å². The van der Waals surface area contributed by atoms with Crippen molar-refractivity contribution in [1.29, 1.82) is 0 Å². The van der Waals surface area contributed by atoms with E-state index in [-0.39, 0.29) is 18.6 Å². The standard InChI is InChI=1S/C13H17NO4/c1-2-9(8-15)14-13(16)10-4-3-5-11-12(10)18-7-6-17-11/h3-5,9,15H,2,6-8H2,1H3,(H,14,16)/t9-/m1/s1. The van der Waals surface area contributed by atoms with E-state index in [0.29, 0.717) is 36.7 Å². The Morgan fingerprint density at radius 2 is 2.22 bits per heavy atom. The van der Waals surface area contributed by atoms with Gasteiger partial charge in [0.2, 0.25) is 0 Å². The van der Waals surface area contributed by atoms with E-state index in [0.717, 1.165) is 0 Å². The zero-order valence-electron chi connectivity index (χ0n) is 10.3. The van der Waals surface area contributed by atoms with Crippen molar-refractivity contribution in [3.05, 3.63) is 23.8 Å². The Morgan fingerprint density at radius 1 is 1.44 bits per heavy atom. The molecule has 5 heteroatoms. The first kappa shape index (κ1) is 12.7. The van der Waals surface area contributed by atoms with Gasteiger partial charge < -0.3 is 19.9 Å². The highest BCUT2D eigenvalue weighted by atomic mass is 16.6. The number of rotatable bonds is 4. The van der Waals surface area contributed by atoms with Gasteiger partial charge >= 0.3 is 0 Å². The Bertz CT molecular complexity index is 429. The molecule has 2 N–H and O–H groups in total. The molecule has 18 heavy (non-hydrogen) atoms. The molecule has 0 aliphatic carbocycles. The number of amides is 1. The highest BCUT2D eigenvalue weighted by Crippen LogP contribution is 2.33. The van der Waals surface area contributed by atoms with Gasteiger partial charge in [-0.3, -0.25) is 4.79 Å². The minimum Gasteiger partial charge on any atom is -0.486 e. The Morgan fingerprint density at radius 3 is 2.94 bits per heavy atom. The highest BCUT2D eigenvalue weighted by Gasteiger charge is 2.21. The molecule has 0 spiro atoms. The highest BCUT2D eigenvalue weighted by molar-refractivity contribution is 5.98. The molecular formula is C13H17NO4. The van der Waals surface area contributed by atoms with Crippen LogP contribution in [0.1, 0.15) is 23.7 Å². The number of hydrogen-bond acceptors (Lipinski definition) is 4. The number of carbonyl (C=O) groups excluding carboxylic acids is 1. The molecule has 1 aliphatic heterocycles. The minimum atomic E-state index is -0.252. The van der Waals surface area contributed by atoms with Crippen LogP contribution >= 0.6 is 0 Å². The maximum absolute atomic E-state index is 12.1. The first-order valence-corrected chi connectivity index (χ1v) is 6.06. The van der Waals surface area contributed by atoms with Crippen LogP contribution in [0.5, 0.6) is 11.5 Å². The van der Waals surface area contributed by atoms with E-state index < -0.39 is 0 Å². The largest absolute Gasteiger partial charge is 0.486 e. The maximum Gasteiger partial charge on any atom is 0.255 e. The molecule has 5 nitrogen and oxygen atoms in total. The number of para-hydroxylation sites is 1. The number of ether oxygens (including phenoxy) is 2. The molecule has 1 heterocycles. The number of benzene rings is 1. The fraction of sp³-hybridized carbons (Fsp3) is 0.462. The molecule has 2 rings (SSSR count). The Labute approximate surface area is 106 Å². The summed E-state index contributed by atoms with van der Waals surface area (Å²) in [6.07, 6.45) is 0.675. The second kappa shape index (κ2) is 5.73. The molecular weight excluding hydrogens is 234 g/mol. The Kier molecular flexibility index (Phi) is 4.04. The van der Waals surface area contributed by atoms with Crippen molar-refractivity contribution < 1.29 is 19.4 Å². The molecule has 1 atom stereocenters. The number of aliphatic hydroxyl groups excluding tert-OH is 1. The number of carbonyl (C=O) groups is 1. The van der Waals surface area contributed by atoms with Crippen molar-refractivity contribution in [2.45, 2.75) is 19.4 Å². The molecule has 0 saturated carbocycles. The first-order chi connectivity index (χ1) is 8.76. The van der Waals surface area contributed by atoms with Gasteiger partial charge in [-0.25, -0.2) is 0 Å². The van der Waals surface area contributed by atoms with Gasteiger partial charge in [-0.05, 0) is 18.6 Å². The van der Waals surface area contributed by atoms with E-state index in [1.807, 2.05) is 6.92 Å². The van der Waals surface area contributed by atoms with Crippen molar-refractivity contribution in [1.82, 2.24) is 5.32 Å². The SMILES string of the molecule is CC[C@H](CO)NC(=O)c1cccc2c1OCCO2. The summed E-state index contributed by atoms with van der Waals surface area (Å²) in [4.78, 5) is 12.1. The van der Waals surface area contributed by atoms with Crippen LogP contribution in [0.3, 0.4) is 0 Å². The van der Waals surface area contributed by atoms with Crippen molar-refractivity contribution in [2.75, 3.05) is 19.8 Å². The normalized spacial score (nSPS) is 15.0. The number of aliphatic hydroxyl groups is 1. The van der Waals surface area contributed by atoms with E-state index in [1.165, 1.54) is 0 Å². The molecule has 0 saturated heterocycles. The number of hydrogen-bond donors (Lipinski definition) is 2. The molecule has 1 amide bonds. The molecule has 0 unspecified atom stereocenters. The van der Waals surface area contributed by atoms with Crippen LogP contribution in [0.15, 0.2) is 18.2 Å². The molecule has 1 aromatic rings. The zero-order chi connectivity index (χ0) is 13.0. The lowest BCUT2D eigenvalue weighted by Gasteiger charge is -2.21. The third-order valence-electron chi connectivity index (χ3n) is 2.86. The second-order valence-electron chi connectivity index (χ2n) is 4.09. The summed E-state index contributed by atoms with van der Waals surface area (Å²) in [5.74, 6) is 0.818. The van der Waals surface area contributed by atoms with Crippen LogP contribution in [0, 0.1) is 0 Å². The van der Waals surface area contributed by atoms with E-state index in [4.69, 9.17) is 14.6 Å². The van der Waals surface area contributed by atoms with Gasteiger partial charge in [0.05, 0.1) is 18.2 Å². The predicted octanol–water partition coefficient (Wildman–Crippen LogP) is 0.959. The van der Waals surface area contributed by atoms with Crippen molar-refractivity contribution in [3.8, 4) is 11.5 Å². The Hall–Kier alpha value is -1.75. The summed E-state index contributed by atoms with van der Waals surface area (Å²) in [6.45, 7) is 2.76. The van der Waals surface area contributed by atoms with Crippen molar-refractivity contribution >= 4 is 5.91 Å². The van der Waals surface area contributed by atoms with E-state index >= 15 is 0 Å². The fourth-order valence-electron chi connectivity index (χ4n) is 1.79. The van der Waals surface area contributed by atoms with Crippen LogP contribution in [-0.4, -0.2) is 36.9 Å². The number of fused-ring (bicyclic) bond motifs is 1. The summed E-state index contributed by atoms with van der Waals surface area (Å²) in [7, 11) is 0. The molecule has 0 fully saturated rings. The smallest absolute Gasteiger partial charge is 0.255 e. The van der Waals surface area contributed by atoms with Gasteiger partial charge in [0.25, 0.3) is 5.91 Å². The summed E-state index contributed by atoms with van der Waals surface area (Å²) < 4.78 is 10.9. The molecule has 98 valence electrons. The predicted molar refractivity (Wildman–Crippen MR) is 66.1 cm³/mol. The molecule has 0 bridgehead atoms. The van der Waals surface area contributed by atoms with Gasteiger partial charge in [-0.15, -0.1) is 0 Å². The van der Waals surface area contributed by atoms with Crippen LogP contribution < -0.4 is 14.8 Å². The van der Waals surface area contributed by atoms with Gasteiger partial charge in [0.15, 0.2) is 11.5 Å².